The van der Waals surface area contributed by atoms with Crippen molar-refractivity contribution in [1.29, 1.82) is 0 Å². The lowest BCUT2D eigenvalue weighted by atomic mass is 10.1. The van der Waals surface area contributed by atoms with Gasteiger partial charge in [-0.2, -0.15) is 0 Å². The third-order valence-electron chi connectivity index (χ3n) is 4.75. The van der Waals surface area contributed by atoms with Crippen LogP contribution >= 0.6 is 0 Å². The molecule has 0 radical (unpaired) electrons. The Morgan fingerprint density at radius 3 is 2.52 bits per heavy atom. The smallest absolute Gasteiger partial charge is 0.332 e. The number of methoxy groups -OCH3 is 1. The van der Waals surface area contributed by atoms with Gasteiger partial charge in [0.1, 0.15) is 11.3 Å². The van der Waals surface area contributed by atoms with Crippen LogP contribution in [0.25, 0.3) is 11.2 Å². The number of fused-ring (bicyclic) bond motifs is 1. The molecule has 0 aliphatic heterocycles. The van der Waals surface area contributed by atoms with Crippen molar-refractivity contribution in [2.45, 2.75) is 39.3 Å². The van der Waals surface area contributed by atoms with E-state index in [0.29, 0.717) is 49.4 Å². The molecule has 3 rings (SSSR count). The van der Waals surface area contributed by atoms with Gasteiger partial charge < -0.3 is 9.72 Å². The summed E-state index contributed by atoms with van der Waals surface area (Å²) in [7, 11) is 1.57. The van der Waals surface area contributed by atoms with E-state index in [-0.39, 0.29) is 17.8 Å². The van der Waals surface area contributed by atoms with Gasteiger partial charge >= 0.3 is 5.69 Å². The first kappa shape index (κ1) is 20.5. The number of non-ortho nitro benzene ring substituents is 1. The summed E-state index contributed by atoms with van der Waals surface area (Å²) >= 11 is 0. The Labute approximate surface area is 165 Å². The van der Waals surface area contributed by atoms with Crippen molar-refractivity contribution in [3.63, 3.8) is 0 Å². The molecule has 0 amide bonds. The lowest BCUT2D eigenvalue weighted by molar-refractivity contribution is -0.384. The number of ether oxygens (including phenoxy) is 1. The number of H-pyrrole nitrogens is 1. The summed E-state index contributed by atoms with van der Waals surface area (Å²) in [4.78, 5) is 43.6. The second-order valence-corrected chi connectivity index (χ2v) is 6.65. The molecule has 0 aliphatic carbocycles. The minimum absolute atomic E-state index is 0.0138. The Bertz CT molecular complexity index is 1130. The summed E-state index contributed by atoms with van der Waals surface area (Å²) in [5, 5.41) is 10.8. The molecule has 2 heterocycles. The molecular weight excluding hydrogens is 378 g/mol. The highest BCUT2D eigenvalue weighted by atomic mass is 16.6. The van der Waals surface area contributed by atoms with E-state index in [2.05, 4.69) is 9.97 Å². The number of hydrogen-bond acceptors (Lipinski definition) is 6. The first-order valence-corrected chi connectivity index (χ1v) is 9.40. The largest absolute Gasteiger partial charge is 0.385 e. The molecule has 1 N–H and O–H groups in total. The highest BCUT2D eigenvalue weighted by Gasteiger charge is 2.17. The summed E-state index contributed by atoms with van der Waals surface area (Å²) in [5.74, 6) is 0.634. The first-order valence-electron chi connectivity index (χ1n) is 9.40. The third kappa shape index (κ3) is 4.27. The molecular formula is C19H23N5O5. The average molecular weight is 401 g/mol. The number of hydrogen-bond donors (Lipinski definition) is 1. The van der Waals surface area contributed by atoms with Crippen LogP contribution in [-0.4, -0.2) is 37.7 Å². The predicted octanol–water partition coefficient (Wildman–Crippen LogP) is 1.64. The van der Waals surface area contributed by atoms with Crippen molar-refractivity contribution in [3.8, 4) is 0 Å². The van der Waals surface area contributed by atoms with Crippen LogP contribution in [0.4, 0.5) is 5.69 Å². The molecule has 0 spiro atoms. The molecule has 0 unspecified atom stereocenters. The Balaban J connectivity index is 1.98. The molecule has 0 fully saturated rings. The van der Waals surface area contributed by atoms with Gasteiger partial charge in [-0.15, -0.1) is 0 Å². The fraction of sp³-hybridized carbons (Fsp3) is 0.421. The minimum atomic E-state index is -0.455. The van der Waals surface area contributed by atoms with Gasteiger partial charge in [0.25, 0.3) is 11.2 Å². The second-order valence-electron chi connectivity index (χ2n) is 6.65. The number of benzene rings is 1. The van der Waals surface area contributed by atoms with Crippen LogP contribution in [-0.2, 0) is 30.7 Å². The van der Waals surface area contributed by atoms with Gasteiger partial charge in [-0.1, -0.05) is 19.1 Å². The summed E-state index contributed by atoms with van der Waals surface area (Å²) in [5.41, 5.74) is 0.692. The Morgan fingerprint density at radius 1 is 1.17 bits per heavy atom. The van der Waals surface area contributed by atoms with Gasteiger partial charge in [-0.05, 0) is 18.4 Å². The van der Waals surface area contributed by atoms with Crippen LogP contribution in [0.1, 0.15) is 24.7 Å². The van der Waals surface area contributed by atoms with Crippen LogP contribution < -0.4 is 11.2 Å². The number of nitrogens with one attached hydrogen (secondary N) is 1. The topological polar surface area (TPSA) is 125 Å². The van der Waals surface area contributed by atoms with E-state index in [4.69, 9.17) is 4.74 Å². The molecule has 0 aliphatic rings. The summed E-state index contributed by atoms with van der Waals surface area (Å²) in [6.07, 6.45) is 1.61. The Kier molecular flexibility index (Phi) is 6.23. The molecule has 154 valence electrons. The third-order valence-corrected chi connectivity index (χ3v) is 4.75. The predicted molar refractivity (Wildman–Crippen MR) is 107 cm³/mol. The average Bonchev–Trinajstić information content (AvgIpc) is 3.15. The number of aromatic nitrogens is 4. The van der Waals surface area contributed by atoms with Gasteiger partial charge in [-0.25, -0.2) is 9.78 Å². The number of aromatic amines is 1. The van der Waals surface area contributed by atoms with E-state index < -0.39 is 10.6 Å². The highest BCUT2D eigenvalue weighted by Crippen LogP contribution is 2.13. The number of imidazole rings is 1. The van der Waals surface area contributed by atoms with Crippen molar-refractivity contribution >= 4 is 16.9 Å². The van der Waals surface area contributed by atoms with Gasteiger partial charge in [0.15, 0.2) is 5.65 Å². The molecule has 0 atom stereocenters. The van der Waals surface area contributed by atoms with E-state index in [1.54, 1.807) is 19.2 Å². The molecule has 3 aromatic rings. The molecule has 10 nitrogen and oxygen atoms in total. The number of nitro groups is 1. The number of nitrogens with zero attached hydrogens (tertiary/aromatic N) is 4. The molecule has 29 heavy (non-hydrogen) atoms. The standard InChI is InChI=1S/C19H23N5O5/c1-3-15-20-16-17(21-15)22(19(26)23(18(16)25)10-4-12-29-2)11-9-13-5-7-14(8-6-13)24(27)28/h5-8H,3-4,9-12H2,1-2H3,(H,20,21). The first-order chi connectivity index (χ1) is 14.0. The summed E-state index contributed by atoms with van der Waals surface area (Å²) in [6.45, 7) is 2.90. The van der Waals surface area contributed by atoms with Crippen molar-refractivity contribution in [2.75, 3.05) is 13.7 Å². The van der Waals surface area contributed by atoms with Gasteiger partial charge in [0.05, 0.1) is 4.92 Å². The highest BCUT2D eigenvalue weighted by molar-refractivity contribution is 5.69. The monoisotopic (exact) mass is 401 g/mol. The van der Waals surface area contributed by atoms with E-state index in [1.807, 2.05) is 6.92 Å². The molecule has 1 aromatic carbocycles. The normalized spacial score (nSPS) is 11.2. The van der Waals surface area contributed by atoms with E-state index in [9.17, 15) is 19.7 Å². The lowest BCUT2D eigenvalue weighted by Crippen LogP contribution is -2.40. The van der Waals surface area contributed by atoms with Gasteiger partial charge in [0.2, 0.25) is 0 Å². The minimum Gasteiger partial charge on any atom is -0.385 e. The second kappa shape index (κ2) is 8.82. The van der Waals surface area contributed by atoms with Crippen LogP contribution in [0.5, 0.6) is 0 Å². The quantitative estimate of drug-likeness (QED) is 0.330. The Hall–Kier alpha value is -3.27. The number of nitro benzene ring substituents is 1. The molecule has 0 saturated carbocycles. The fourth-order valence-electron chi connectivity index (χ4n) is 3.17. The van der Waals surface area contributed by atoms with Gasteiger partial charge in [0, 0.05) is 45.4 Å². The van der Waals surface area contributed by atoms with Crippen LogP contribution in [0.2, 0.25) is 0 Å². The maximum Gasteiger partial charge on any atom is 0.332 e. The van der Waals surface area contributed by atoms with E-state index in [1.165, 1.54) is 21.3 Å². The van der Waals surface area contributed by atoms with E-state index >= 15 is 0 Å². The number of aryl methyl sites for hydroxylation is 3. The van der Waals surface area contributed by atoms with Crippen LogP contribution in [0, 0.1) is 10.1 Å². The molecule has 0 saturated heterocycles. The zero-order chi connectivity index (χ0) is 21.0. The zero-order valence-electron chi connectivity index (χ0n) is 16.4. The molecule has 2 aromatic heterocycles. The zero-order valence-corrected chi connectivity index (χ0v) is 16.4. The summed E-state index contributed by atoms with van der Waals surface area (Å²) in [6, 6.07) is 6.19. The van der Waals surface area contributed by atoms with Gasteiger partial charge in [-0.3, -0.25) is 24.0 Å². The van der Waals surface area contributed by atoms with Crippen molar-refractivity contribution in [1.82, 2.24) is 19.1 Å². The van der Waals surface area contributed by atoms with E-state index in [0.717, 1.165) is 5.56 Å². The van der Waals surface area contributed by atoms with Crippen molar-refractivity contribution in [3.05, 3.63) is 66.6 Å². The fourth-order valence-corrected chi connectivity index (χ4v) is 3.17. The summed E-state index contributed by atoms with van der Waals surface area (Å²) < 4.78 is 7.71. The maximum atomic E-state index is 13.0. The van der Waals surface area contributed by atoms with Crippen LogP contribution in [0.3, 0.4) is 0 Å². The molecule has 10 heteroatoms. The molecule has 0 bridgehead atoms. The van der Waals surface area contributed by atoms with Crippen molar-refractivity contribution in [2.24, 2.45) is 0 Å². The Morgan fingerprint density at radius 2 is 1.90 bits per heavy atom. The number of rotatable bonds is 9. The lowest BCUT2D eigenvalue weighted by Gasteiger charge is -2.11. The SMILES string of the molecule is CCc1nc2c([nH]1)c(=O)n(CCCOC)c(=O)n2CCc1ccc([N+](=O)[O-])cc1. The van der Waals surface area contributed by atoms with Crippen LogP contribution in [0.15, 0.2) is 33.9 Å². The van der Waals surface area contributed by atoms with Crippen molar-refractivity contribution < 1.29 is 9.66 Å². The maximum absolute atomic E-state index is 13.0.